The molecule has 0 heterocycles. The Labute approximate surface area is 289 Å². The van der Waals surface area contributed by atoms with E-state index < -0.39 is 23.2 Å². The summed E-state index contributed by atoms with van der Waals surface area (Å²) in [5.74, 6) is 1.43. The first-order valence-corrected chi connectivity index (χ1v) is 21.0. The molecule has 1 fully saturated rings. The normalized spacial score (nSPS) is 14.5. The SMILES string of the molecule is CO[Si](CO)(CCCC(=O)CCC[Si](OC)(OC)OC)OC.c1ccc(OCCOC2(OCCOc3ccccc3)CCCCC2)cc1. The minimum absolute atomic E-state index is 0.0994. The molecule has 0 aromatic heterocycles. The molecule has 0 amide bonds. The van der Waals surface area contributed by atoms with E-state index in [9.17, 15) is 9.90 Å². The van der Waals surface area contributed by atoms with Crippen LogP contribution >= 0.6 is 0 Å². The molecular weight excluding hydrogens is 653 g/mol. The second-order valence-corrected chi connectivity index (χ2v) is 18.1. The van der Waals surface area contributed by atoms with Gasteiger partial charge in [0.15, 0.2) is 5.79 Å². The Balaban J connectivity index is 0.000000340. The number of hydrogen-bond donors (Lipinski definition) is 1. The molecule has 1 aliphatic carbocycles. The van der Waals surface area contributed by atoms with Crippen LogP contribution in [0.3, 0.4) is 0 Å². The van der Waals surface area contributed by atoms with E-state index in [1.165, 1.54) is 20.6 Å². The number of carbonyl (C=O) groups is 1. The maximum Gasteiger partial charge on any atom is 0.500 e. The van der Waals surface area contributed by atoms with Crippen LogP contribution in [0.25, 0.3) is 0 Å². The molecule has 1 saturated carbocycles. The molecule has 11 nitrogen and oxygen atoms in total. The van der Waals surface area contributed by atoms with E-state index in [-0.39, 0.29) is 12.0 Å². The van der Waals surface area contributed by atoms with E-state index in [1.54, 1.807) is 21.3 Å². The third-order valence-electron chi connectivity index (χ3n) is 8.41. The van der Waals surface area contributed by atoms with Crippen molar-refractivity contribution in [2.24, 2.45) is 0 Å². The fraction of sp³-hybridized carbons (Fsp3) is 0.629. The van der Waals surface area contributed by atoms with E-state index in [0.29, 0.717) is 64.2 Å². The number of aliphatic hydroxyl groups is 1. The molecule has 0 spiro atoms. The van der Waals surface area contributed by atoms with E-state index in [2.05, 4.69) is 0 Å². The summed E-state index contributed by atoms with van der Waals surface area (Å²) in [5.41, 5.74) is 0. The summed E-state index contributed by atoms with van der Waals surface area (Å²) in [6.07, 6.45) is 7.56. The van der Waals surface area contributed by atoms with Gasteiger partial charge in [0.25, 0.3) is 0 Å². The first kappa shape index (κ1) is 42.0. The molecule has 1 aliphatic rings. The maximum atomic E-state index is 11.9. The van der Waals surface area contributed by atoms with Crippen LogP contribution in [0.5, 0.6) is 11.5 Å². The topological polar surface area (TPSA) is 120 Å². The lowest BCUT2D eigenvalue weighted by Gasteiger charge is -2.37. The number of ketones is 1. The maximum absolute atomic E-state index is 11.9. The lowest BCUT2D eigenvalue weighted by molar-refractivity contribution is -0.256. The smallest absolute Gasteiger partial charge is 0.491 e. The number of carbonyl (C=O) groups excluding carboxylic acids is 1. The van der Waals surface area contributed by atoms with Crippen LogP contribution < -0.4 is 9.47 Å². The Morgan fingerprint density at radius 2 is 1.10 bits per heavy atom. The quantitative estimate of drug-likeness (QED) is 0.0774. The van der Waals surface area contributed by atoms with Gasteiger partial charge in [-0.05, 0) is 56.0 Å². The van der Waals surface area contributed by atoms with Crippen molar-refractivity contribution in [3.63, 3.8) is 0 Å². The Morgan fingerprint density at radius 1 is 0.646 bits per heavy atom. The number of rotatable bonds is 24. The largest absolute Gasteiger partial charge is 0.500 e. The highest BCUT2D eigenvalue weighted by Gasteiger charge is 2.37. The predicted octanol–water partition coefficient (Wildman–Crippen LogP) is 6.10. The second kappa shape index (κ2) is 24.1. The fourth-order valence-corrected chi connectivity index (χ4v) is 8.89. The molecule has 1 N–H and O–H groups in total. The summed E-state index contributed by atoms with van der Waals surface area (Å²) in [6.45, 7) is 2.09. The monoisotopic (exact) mass is 710 g/mol. The van der Waals surface area contributed by atoms with Crippen LogP contribution in [-0.2, 0) is 36.4 Å². The summed E-state index contributed by atoms with van der Waals surface area (Å²) in [6, 6.07) is 20.9. The van der Waals surface area contributed by atoms with Gasteiger partial charge in [0, 0.05) is 67.3 Å². The van der Waals surface area contributed by atoms with Gasteiger partial charge >= 0.3 is 17.4 Å². The van der Waals surface area contributed by atoms with Gasteiger partial charge in [0.2, 0.25) is 0 Å². The summed E-state index contributed by atoms with van der Waals surface area (Å²) in [7, 11) is 2.68. The molecule has 272 valence electrons. The first-order chi connectivity index (χ1) is 23.3. The first-order valence-electron chi connectivity index (χ1n) is 16.8. The lowest BCUT2D eigenvalue weighted by atomic mass is 9.94. The molecule has 3 rings (SSSR count). The summed E-state index contributed by atoms with van der Waals surface area (Å²) in [4.78, 5) is 11.9. The van der Waals surface area contributed by atoms with Gasteiger partial charge in [-0.15, -0.1) is 0 Å². The minimum Gasteiger partial charge on any atom is -0.491 e. The third-order valence-corrected chi connectivity index (χ3v) is 14.3. The molecule has 0 radical (unpaired) electrons. The Kier molecular flexibility index (Phi) is 21.0. The van der Waals surface area contributed by atoms with Crippen LogP contribution in [-0.4, -0.2) is 102 Å². The van der Waals surface area contributed by atoms with Gasteiger partial charge in [-0.1, -0.05) is 42.8 Å². The van der Waals surface area contributed by atoms with Crippen molar-refractivity contribution >= 4 is 23.1 Å². The van der Waals surface area contributed by atoms with Crippen molar-refractivity contribution in [3.05, 3.63) is 60.7 Å². The highest BCUT2D eigenvalue weighted by Crippen LogP contribution is 2.33. The number of Topliss-reactive ketones (excluding diaryl/α,β-unsaturated/α-hetero) is 1. The lowest BCUT2D eigenvalue weighted by Crippen LogP contribution is -2.44. The number of para-hydroxylation sites is 2. The fourth-order valence-electron chi connectivity index (χ4n) is 5.46. The number of aliphatic hydroxyl groups excluding tert-OH is 1. The van der Waals surface area contributed by atoms with Gasteiger partial charge in [-0.25, -0.2) is 0 Å². The molecule has 0 unspecified atom stereocenters. The highest BCUT2D eigenvalue weighted by molar-refractivity contribution is 6.67. The second-order valence-electron chi connectivity index (χ2n) is 11.5. The minimum atomic E-state index is -2.58. The van der Waals surface area contributed by atoms with Crippen molar-refractivity contribution < 1.29 is 51.0 Å². The van der Waals surface area contributed by atoms with Gasteiger partial charge in [-0.2, -0.15) is 0 Å². The van der Waals surface area contributed by atoms with Crippen molar-refractivity contribution in [3.8, 4) is 11.5 Å². The molecule has 48 heavy (non-hydrogen) atoms. The van der Waals surface area contributed by atoms with E-state index >= 15 is 0 Å². The van der Waals surface area contributed by atoms with Crippen LogP contribution in [0.4, 0.5) is 0 Å². The number of benzene rings is 2. The molecule has 0 aliphatic heterocycles. The number of ether oxygens (including phenoxy) is 4. The van der Waals surface area contributed by atoms with Crippen molar-refractivity contribution in [2.45, 2.75) is 75.7 Å². The van der Waals surface area contributed by atoms with Gasteiger partial charge in [0.1, 0.15) is 30.5 Å². The molecule has 0 bridgehead atoms. The van der Waals surface area contributed by atoms with E-state index in [1.807, 2.05) is 60.7 Å². The zero-order chi connectivity index (χ0) is 35.0. The van der Waals surface area contributed by atoms with Gasteiger partial charge in [-0.3, -0.25) is 4.79 Å². The highest BCUT2D eigenvalue weighted by atomic mass is 28.4. The molecule has 0 atom stereocenters. The Morgan fingerprint density at radius 3 is 1.52 bits per heavy atom. The zero-order valence-corrected chi connectivity index (χ0v) is 31.6. The van der Waals surface area contributed by atoms with Crippen molar-refractivity contribution in [2.75, 3.05) is 68.2 Å². The molecular formula is C35H58O11Si2. The van der Waals surface area contributed by atoms with Crippen LogP contribution in [0, 0.1) is 0 Å². The summed E-state index contributed by atoms with van der Waals surface area (Å²) in [5, 5.41) is 9.34. The van der Waals surface area contributed by atoms with Crippen LogP contribution in [0.15, 0.2) is 60.7 Å². The predicted molar refractivity (Wildman–Crippen MR) is 188 cm³/mol. The average molecular weight is 711 g/mol. The van der Waals surface area contributed by atoms with E-state index in [0.717, 1.165) is 37.2 Å². The summed E-state index contributed by atoms with van der Waals surface area (Å²) >= 11 is 0. The van der Waals surface area contributed by atoms with Gasteiger partial charge in [0.05, 0.1) is 19.4 Å². The van der Waals surface area contributed by atoms with E-state index in [4.69, 9.17) is 41.1 Å². The van der Waals surface area contributed by atoms with Crippen LogP contribution in [0.2, 0.25) is 12.1 Å². The van der Waals surface area contributed by atoms with Crippen molar-refractivity contribution in [1.82, 2.24) is 0 Å². The third kappa shape index (κ3) is 15.6. The molecule has 2 aromatic carbocycles. The Hall–Kier alpha value is -2.18. The summed E-state index contributed by atoms with van der Waals surface area (Å²) < 4.78 is 50.3. The van der Waals surface area contributed by atoms with Crippen molar-refractivity contribution in [1.29, 1.82) is 0 Å². The number of hydrogen-bond acceptors (Lipinski definition) is 11. The Bertz CT molecular complexity index is 986. The molecule has 0 saturated heterocycles. The zero-order valence-electron chi connectivity index (χ0n) is 29.6. The van der Waals surface area contributed by atoms with Crippen LogP contribution in [0.1, 0.15) is 57.8 Å². The van der Waals surface area contributed by atoms with Gasteiger partial charge < -0.3 is 46.2 Å². The molecule has 13 heteroatoms. The average Bonchev–Trinajstić information content (AvgIpc) is 3.14. The standard InChI is InChI=1S/C22H28O4.C13H30O7Si2/c1-4-10-20(11-5-1)23-16-18-25-22(14-8-3-9-15-22)26-19-17-24-21-12-6-2-7-13-21;1-16-21(12-14,17-2)10-6-8-13(15)9-7-11-22(18-3,19-4)20-5/h1-2,4-7,10-13H,3,8-9,14-19H2;14H,6-12H2,1-5H3. The molecule has 2 aromatic rings.